The third-order valence-corrected chi connectivity index (χ3v) is 4.28. The van der Waals surface area contributed by atoms with Gasteiger partial charge in [0.25, 0.3) is 0 Å². The number of carbonyl (C=O) groups is 2. The smallest absolute Gasteiger partial charge is 0.311 e. The molecule has 4 rings (SSSR count). The Bertz CT molecular complexity index is 1190. The number of esters is 1. The molecule has 0 spiro atoms. The summed E-state index contributed by atoms with van der Waals surface area (Å²) in [4.78, 5) is 23.8. The number of rotatable bonds is 4. The van der Waals surface area contributed by atoms with E-state index in [4.69, 9.17) is 4.74 Å². The first kappa shape index (κ1) is 16.8. The number of hydrogen-bond acceptors (Lipinski definition) is 7. The lowest BCUT2D eigenvalue weighted by Gasteiger charge is -2.03. The molecule has 0 fully saturated rings. The number of benzene rings is 1. The van der Waals surface area contributed by atoms with E-state index in [0.717, 1.165) is 5.69 Å². The Morgan fingerprint density at radius 3 is 2.52 bits per heavy atom. The highest BCUT2D eigenvalue weighted by Crippen LogP contribution is 2.24. The van der Waals surface area contributed by atoms with E-state index in [-0.39, 0.29) is 12.2 Å². The van der Waals surface area contributed by atoms with Crippen LogP contribution in [-0.2, 0) is 16.0 Å². The molecule has 9 nitrogen and oxygen atoms in total. The van der Waals surface area contributed by atoms with Crippen LogP contribution in [0.4, 0.5) is 0 Å². The predicted molar refractivity (Wildman–Crippen MR) is 95.9 cm³/mol. The molecule has 3 aromatic heterocycles. The number of nitrogens with zero attached hydrogens (tertiary/aromatic N) is 6. The summed E-state index contributed by atoms with van der Waals surface area (Å²) >= 11 is 0. The second-order valence-corrected chi connectivity index (χ2v) is 6.07. The number of aryl methyl sites for hydroxylation is 1. The highest BCUT2D eigenvalue weighted by molar-refractivity contribution is 6.01. The molecule has 0 saturated carbocycles. The van der Waals surface area contributed by atoms with Gasteiger partial charge in [-0.25, -0.2) is 4.68 Å². The van der Waals surface area contributed by atoms with Crippen LogP contribution in [0.25, 0.3) is 22.5 Å². The first-order valence-corrected chi connectivity index (χ1v) is 8.28. The number of ketones is 1. The first-order chi connectivity index (χ1) is 13.0. The van der Waals surface area contributed by atoms with Gasteiger partial charge in [-0.2, -0.15) is 14.7 Å². The fourth-order valence-electron chi connectivity index (χ4n) is 3.08. The standard InChI is InChI=1S/C18H16N6O3/c1-10-15(11(2)25)17-20-19-16-13(9-14(26)27-3)22-23(18(16)24(17)21-10)12-7-5-4-6-8-12/h4-8H,9H2,1-3H3. The average molecular weight is 364 g/mol. The van der Waals surface area contributed by atoms with E-state index in [1.165, 1.54) is 14.0 Å². The summed E-state index contributed by atoms with van der Waals surface area (Å²) in [6, 6.07) is 9.41. The van der Waals surface area contributed by atoms with Gasteiger partial charge in [0.1, 0.15) is 5.69 Å². The van der Waals surface area contributed by atoms with Gasteiger partial charge in [-0.15, -0.1) is 10.2 Å². The van der Waals surface area contributed by atoms with E-state index >= 15 is 0 Å². The van der Waals surface area contributed by atoms with Crippen molar-refractivity contribution in [3.05, 3.63) is 47.3 Å². The van der Waals surface area contributed by atoms with Crippen molar-refractivity contribution in [2.45, 2.75) is 20.3 Å². The van der Waals surface area contributed by atoms with Crippen LogP contribution in [-0.4, -0.2) is 48.5 Å². The van der Waals surface area contributed by atoms with Gasteiger partial charge in [0, 0.05) is 0 Å². The summed E-state index contributed by atoms with van der Waals surface area (Å²) in [6.45, 7) is 3.21. The summed E-state index contributed by atoms with van der Waals surface area (Å²) in [6.07, 6.45) is -0.0488. The van der Waals surface area contributed by atoms with Crippen LogP contribution >= 0.6 is 0 Å². The van der Waals surface area contributed by atoms with Crippen molar-refractivity contribution in [3.8, 4) is 5.69 Å². The third kappa shape index (κ3) is 2.64. The summed E-state index contributed by atoms with van der Waals surface area (Å²) in [7, 11) is 1.32. The van der Waals surface area contributed by atoms with Crippen LogP contribution in [0, 0.1) is 6.92 Å². The Balaban J connectivity index is 2.09. The number of carbonyl (C=O) groups excluding carboxylic acids is 2. The fraction of sp³-hybridized carbons (Fsp3) is 0.222. The molecule has 0 amide bonds. The molecule has 0 aliphatic carbocycles. The van der Waals surface area contributed by atoms with Crippen LogP contribution in [0.5, 0.6) is 0 Å². The van der Waals surface area contributed by atoms with E-state index < -0.39 is 5.97 Å². The topological polar surface area (TPSA) is 104 Å². The zero-order chi connectivity index (χ0) is 19.1. The molecule has 0 N–H and O–H groups in total. The maximum absolute atomic E-state index is 12.0. The molecular formula is C18H16N6O3. The molecule has 27 heavy (non-hydrogen) atoms. The van der Waals surface area contributed by atoms with Gasteiger partial charge in [-0.05, 0) is 26.0 Å². The molecule has 0 radical (unpaired) electrons. The molecule has 1 aromatic carbocycles. The zero-order valence-corrected chi connectivity index (χ0v) is 15.0. The molecule has 3 heterocycles. The molecule has 9 heteroatoms. The highest BCUT2D eigenvalue weighted by Gasteiger charge is 2.23. The van der Waals surface area contributed by atoms with Crippen molar-refractivity contribution >= 4 is 28.6 Å². The van der Waals surface area contributed by atoms with E-state index in [1.807, 2.05) is 30.3 Å². The first-order valence-electron chi connectivity index (χ1n) is 8.28. The summed E-state index contributed by atoms with van der Waals surface area (Å²) in [5.41, 5.74) is 3.47. The maximum atomic E-state index is 12.0. The molecule has 0 unspecified atom stereocenters. The minimum atomic E-state index is -0.433. The number of ether oxygens (including phenoxy) is 1. The lowest BCUT2D eigenvalue weighted by molar-refractivity contribution is -0.139. The second-order valence-electron chi connectivity index (χ2n) is 6.07. The molecule has 4 aromatic rings. The van der Waals surface area contributed by atoms with Crippen LogP contribution in [0.1, 0.15) is 28.7 Å². The van der Waals surface area contributed by atoms with Crippen molar-refractivity contribution < 1.29 is 14.3 Å². The van der Waals surface area contributed by atoms with E-state index in [1.54, 1.807) is 16.1 Å². The van der Waals surface area contributed by atoms with Crippen LogP contribution < -0.4 is 0 Å². The van der Waals surface area contributed by atoms with Gasteiger partial charge < -0.3 is 4.74 Å². The number of aromatic nitrogens is 6. The normalized spacial score (nSPS) is 11.2. The van der Waals surface area contributed by atoms with Crippen LogP contribution in [0.3, 0.4) is 0 Å². The number of methoxy groups -OCH3 is 1. The molecule has 0 aliphatic heterocycles. The highest BCUT2D eigenvalue weighted by atomic mass is 16.5. The quantitative estimate of drug-likeness (QED) is 0.401. The Labute approximate surface area is 153 Å². The van der Waals surface area contributed by atoms with Crippen molar-refractivity contribution in [2.75, 3.05) is 7.11 Å². The lowest BCUT2D eigenvalue weighted by Crippen LogP contribution is -2.06. The maximum Gasteiger partial charge on any atom is 0.311 e. The average Bonchev–Trinajstić information content (AvgIpc) is 3.19. The number of hydrogen-bond donors (Lipinski definition) is 0. The minimum absolute atomic E-state index is 0.0488. The predicted octanol–water partition coefficient (Wildman–Crippen LogP) is 1.69. The number of fused-ring (bicyclic) bond motifs is 3. The van der Waals surface area contributed by atoms with Crippen molar-refractivity contribution in [3.63, 3.8) is 0 Å². The Morgan fingerprint density at radius 2 is 1.85 bits per heavy atom. The second kappa shape index (κ2) is 6.27. The number of para-hydroxylation sites is 1. The van der Waals surface area contributed by atoms with Crippen LogP contribution in [0.2, 0.25) is 0 Å². The molecule has 0 aliphatic rings. The van der Waals surface area contributed by atoms with Crippen molar-refractivity contribution in [1.82, 2.24) is 29.6 Å². The van der Waals surface area contributed by atoms with Gasteiger partial charge in [-0.1, -0.05) is 18.2 Å². The largest absolute Gasteiger partial charge is 0.469 e. The summed E-state index contributed by atoms with van der Waals surface area (Å²) < 4.78 is 7.95. The zero-order valence-electron chi connectivity index (χ0n) is 15.0. The fourth-order valence-corrected chi connectivity index (χ4v) is 3.08. The van der Waals surface area contributed by atoms with Crippen molar-refractivity contribution in [2.24, 2.45) is 0 Å². The molecule has 0 saturated heterocycles. The van der Waals surface area contributed by atoms with Gasteiger partial charge in [-0.3, -0.25) is 9.59 Å². The molecule has 0 bridgehead atoms. The Morgan fingerprint density at radius 1 is 1.11 bits per heavy atom. The lowest BCUT2D eigenvalue weighted by atomic mass is 10.2. The van der Waals surface area contributed by atoms with Crippen LogP contribution in [0.15, 0.2) is 30.3 Å². The Kier molecular flexibility index (Phi) is 3.91. The Hall–Kier alpha value is -3.62. The molecule has 136 valence electrons. The molecule has 0 atom stereocenters. The van der Waals surface area contributed by atoms with Gasteiger partial charge in [0.15, 0.2) is 22.6 Å². The monoisotopic (exact) mass is 364 g/mol. The van der Waals surface area contributed by atoms with Gasteiger partial charge in [0.05, 0.1) is 30.5 Å². The van der Waals surface area contributed by atoms with Gasteiger partial charge in [0.2, 0.25) is 0 Å². The number of Topliss-reactive ketones (excluding diaryl/α,β-unsaturated/α-hetero) is 1. The molecular weight excluding hydrogens is 348 g/mol. The van der Waals surface area contributed by atoms with E-state index in [0.29, 0.717) is 33.8 Å². The third-order valence-electron chi connectivity index (χ3n) is 4.28. The van der Waals surface area contributed by atoms with Crippen molar-refractivity contribution in [1.29, 1.82) is 0 Å². The summed E-state index contributed by atoms with van der Waals surface area (Å²) in [5, 5.41) is 17.4. The SMILES string of the molecule is COC(=O)Cc1nn(-c2ccccc2)c2c1nnc1c(C(C)=O)c(C)nn12. The van der Waals surface area contributed by atoms with E-state index in [2.05, 4.69) is 20.4 Å². The van der Waals surface area contributed by atoms with Gasteiger partial charge >= 0.3 is 5.97 Å². The minimum Gasteiger partial charge on any atom is -0.469 e. The summed E-state index contributed by atoms with van der Waals surface area (Å²) in [5.74, 6) is -0.575. The van der Waals surface area contributed by atoms with E-state index in [9.17, 15) is 9.59 Å².